The fraction of sp³-hybridized carbons (Fsp3) is 0.0714. The van der Waals surface area contributed by atoms with Gasteiger partial charge in [-0.3, -0.25) is 4.79 Å². The molecule has 18 heavy (non-hydrogen) atoms. The van der Waals surface area contributed by atoms with Crippen molar-refractivity contribution in [2.75, 3.05) is 5.32 Å². The monoisotopic (exact) mass is 304 g/mol. The minimum atomic E-state index is -0.521. The highest BCUT2D eigenvalue weighted by Gasteiger charge is 2.16. The average molecular weight is 305 g/mol. The van der Waals surface area contributed by atoms with Crippen LogP contribution in [0.4, 0.5) is 5.69 Å². The summed E-state index contributed by atoms with van der Waals surface area (Å²) in [6, 6.07) is 16.5. The molecule has 0 radical (unpaired) electrons. The van der Waals surface area contributed by atoms with Gasteiger partial charge in [0.15, 0.2) is 0 Å². The van der Waals surface area contributed by atoms with Gasteiger partial charge in [0.05, 0.1) is 0 Å². The SMILES string of the molecule is NC(=O)[C@@H](Nc1ccc(Br)cc1)c1ccccc1. The Labute approximate surface area is 114 Å². The molecule has 0 fully saturated rings. The second-order valence-electron chi connectivity index (χ2n) is 3.90. The summed E-state index contributed by atoms with van der Waals surface area (Å²) < 4.78 is 0.989. The summed E-state index contributed by atoms with van der Waals surface area (Å²) in [7, 11) is 0. The molecule has 2 aromatic rings. The maximum Gasteiger partial charge on any atom is 0.244 e. The molecule has 0 bridgehead atoms. The van der Waals surface area contributed by atoms with Crippen LogP contribution in [0.1, 0.15) is 11.6 Å². The topological polar surface area (TPSA) is 55.1 Å². The van der Waals surface area contributed by atoms with E-state index in [1.54, 1.807) is 0 Å². The van der Waals surface area contributed by atoms with Crippen molar-refractivity contribution in [1.82, 2.24) is 0 Å². The van der Waals surface area contributed by atoms with Gasteiger partial charge in [-0.25, -0.2) is 0 Å². The number of rotatable bonds is 4. The van der Waals surface area contributed by atoms with Gasteiger partial charge in [0.1, 0.15) is 6.04 Å². The summed E-state index contributed by atoms with van der Waals surface area (Å²) in [5, 5.41) is 3.13. The zero-order chi connectivity index (χ0) is 13.0. The molecule has 1 atom stereocenters. The molecular weight excluding hydrogens is 292 g/mol. The largest absolute Gasteiger partial charge is 0.370 e. The van der Waals surface area contributed by atoms with Crippen LogP contribution in [0.25, 0.3) is 0 Å². The summed E-state index contributed by atoms with van der Waals surface area (Å²) in [6.07, 6.45) is 0. The Morgan fingerprint density at radius 3 is 2.22 bits per heavy atom. The van der Waals surface area contributed by atoms with Crippen molar-refractivity contribution >= 4 is 27.5 Å². The molecule has 0 heterocycles. The number of carbonyl (C=O) groups is 1. The number of nitrogens with one attached hydrogen (secondary N) is 1. The third kappa shape index (κ3) is 3.11. The fourth-order valence-electron chi connectivity index (χ4n) is 1.68. The van der Waals surface area contributed by atoms with Gasteiger partial charge >= 0.3 is 0 Å². The van der Waals surface area contributed by atoms with Crippen LogP contribution in [-0.4, -0.2) is 5.91 Å². The lowest BCUT2D eigenvalue weighted by Crippen LogP contribution is -2.27. The highest BCUT2D eigenvalue weighted by atomic mass is 79.9. The van der Waals surface area contributed by atoms with Crippen LogP contribution in [0.2, 0.25) is 0 Å². The van der Waals surface area contributed by atoms with Crippen molar-refractivity contribution in [3.8, 4) is 0 Å². The molecule has 3 N–H and O–H groups in total. The first-order valence-electron chi connectivity index (χ1n) is 5.53. The Hall–Kier alpha value is -1.81. The van der Waals surface area contributed by atoms with Crippen molar-refractivity contribution in [2.24, 2.45) is 5.73 Å². The van der Waals surface area contributed by atoms with E-state index in [0.29, 0.717) is 0 Å². The molecule has 0 aromatic heterocycles. The van der Waals surface area contributed by atoms with Gasteiger partial charge in [-0.15, -0.1) is 0 Å². The van der Waals surface area contributed by atoms with E-state index in [1.165, 1.54) is 0 Å². The predicted octanol–water partition coefficient (Wildman–Crippen LogP) is 3.09. The highest BCUT2D eigenvalue weighted by Crippen LogP contribution is 2.21. The number of hydrogen-bond acceptors (Lipinski definition) is 2. The summed E-state index contributed by atoms with van der Waals surface area (Å²) in [5.41, 5.74) is 7.14. The van der Waals surface area contributed by atoms with E-state index in [0.717, 1.165) is 15.7 Å². The van der Waals surface area contributed by atoms with E-state index >= 15 is 0 Å². The Kier molecular flexibility index (Phi) is 3.99. The second kappa shape index (κ2) is 5.69. The maximum absolute atomic E-state index is 11.5. The molecule has 0 aliphatic heterocycles. The Balaban J connectivity index is 2.22. The van der Waals surface area contributed by atoms with Gasteiger partial charge in [0.2, 0.25) is 5.91 Å². The van der Waals surface area contributed by atoms with Crippen LogP contribution < -0.4 is 11.1 Å². The Bertz CT molecular complexity index is 525. The van der Waals surface area contributed by atoms with E-state index in [2.05, 4.69) is 21.2 Å². The molecular formula is C14H13BrN2O. The van der Waals surface area contributed by atoms with Gasteiger partial charge in [-0.05, 0) is 29.8 Å². The molecule has 0 aliphatic rings. The average Bonchev–Trinajstić information content (AvgIpc) is 2.38. The summed E-state index contributed by atoms with van der Waals surface area (Å²) in [6.45, 7) is 0. The number of benzene rings is 2. The predicted molar refractivity (Wildman–Crippen MR) is 76.1 cm³/mol. The van der Waals surface area contributed by atoms with Crippen molar-refractivity contribution in [1.29, 1.82) is 0 Å². The van der Waals surface area contributed by atoms with Crippen LogP contribution >= 0.6 is 15.9 Å². The van der Waals surface area contributed by atoms with Gasteiger partial charge in [0, 0.05) is 10.2 Å². The Morgan fingerprint density at radius 1 is 1.06 bits per heavy atom. The lowest BCUT2D eigenvalue weighted by atomic mass is 10.1. The van der Waals surface area contributed by atoms with Crippen molar-refractivity contribution in [3.05, 3.63) is 64.6 Å². The molecule has 92 valence electrons. The van der Waals surface area contributed by atoms with Crippen molar-refractivity contribution in [3.63, 3.8) is 0 Å². The number of nitrogens with two attached hydrogens (primary N) is 1. The van der Waals surface area contributed by atoms with Gasteiger partial charge in [-0.1, -0.05) is 46.3 Å². The van der Waals surface area contributed by atoms with Crippen molar-refractivity contribution in [2.45, 2.75) is 6.04 Å². The van der Waals surface area contributed by atoms with E-state index < -0.39 is 11.9 Å². The number of hydrogen-bond donors (Lipinski definition) is 2. The quantitative estimate of drug-likeness (QED) is 0.912. The van der Waals surface area contributed by atoms with E-state index in [-0.39, 0.29) is 0 Å². The standard InChI is InChI=1S/C14H13BrN2O/c15-11-6-8-12(9-7-11)17-13(14(16)18)10-4-2-1-3-5-10/h1-9,13,17H,(H2,16,18)/t13-/m0/s1. The van der Waals surface area contributed by atoms with E-state index in [1.807, 2.05) is 54.6 Å². The van der Waals surface area contributed by atoms with Gasteiger partial charge < -0.3 is 11.1 Å². The number of halogens is 1. The lowest BCUT2D eigenvalue weighted by molar-refractivity contribution is -0.118. The molecule has 2 aromatic carbocycles. The first kappa shape index (κ1) is 12.6. The molecule has 0 saturated heterocycles. The first-order chi connectivity index (χ1) is 8.66. The van der Waals surface area contributed by atoms with Crippen molar-refractivity contribution < 1.29 is 4.79 Å². The van der Waals surface area contributed by atoms with Crippen LogP contribution in [0.3, 0.4) is 0 Å². The first-order valence-corrected chi connectivity index (χ1v) is 6.32. The molecule has 2 rings (SSSR count). The summed E-state index contributed by atoms with van der Waals surface area (Å²) >= 11 is 3.37. The fourth-order valence-corrected chi connectivity index (χ4v) is 1.94. The molecule has 0 spiro atoms. The smallest absolute Gasteiger partial charge is 0.244 e. The molecule has 4 heteroatoms. The Morgan fingerprint density at radius 2 is 1.67 bits per heavy atom. The molecule has 0 saturated carbocycles. The number of primary amides is 1. The lowest BCUT2D eigenvalue weighted by Gasteiger charge is -2.17. The molecule has 0 unspecified atom stereocenters. The summed E-state index contributed by atoms with van der Waals surface area (Å²) in [5.74, 6) is -0.399. The minimum Gasteiger partial charge on any atom is -0.370 e. The molecule has 1 amide bonds. The third-order valence-corrected chi connectivity index (χ3v) is 3.10. The minimum absolute atomic E-state index is 0.399. The van der Waals surface area contributed by atoms with E-state index in [4.69, 9.17) is 5.73 Å². The normalized spacial score (nSPS) is 11.8. The summed E-state index contributed by atoms with van der Waals surface area (Å²) in [4.78, 5) is 11.5. The zero-order valence-corrected chi connectivity index (χ0v) is 11.2. The number of amides is 1. The number of anilines is 1. The highest BCUT2D eigenvalue weighted by molar-refractivity contribution is 9.10. The third-order valence-electron chi connectivity index (χ3n) is 2.57. The van der Waals surface area contributed by atoms with Gasteiger partial charge in [0.25, 0.3) is 0 Å². The second-order valence-corrected chi connectivity index (χ2v) is 4.81. The van der Waals surface area contributed by atoms with Gasteiger partial charge in [-0.2, -0.15) is 0 Å². The van der Waals surface area contributed by atoms with Crippen LogP contribution in [-0.2, 0) is 4.79 Å². The zero-order valence-electron chi connectivity index (χ0n) is 9.64. The molecule has 0 aliphatic carbocycles. The van der Waals surface area contributed by atoms with Crippen LogP contribution in [0.15, 0.2) is 59.1 Å². The molecule has 3 nitrogen and oxygen atoms in total. The van der Waals surface area contributed by atoms with Crippen LogP contribution in [0.5, 0.6) is 0 Å². The maximum atomic E-state index is 11.5. The van der Waals surface area contributed by atoms with E-state index in [9.17, 15) is 4.79 Å². The number of carbonyl (C=O) groups excluding carboxylic acids is 1. The van der Waals surface area contributed by atoms with Crippen LogP contribution in [0, 0.1) is 0 Å².